The fraction of sp³-hybridized carbons (Fsp3) is 0.125. The number of nitrogen functional groups attached to an aromatic ring is 2. The molecule has 0 bridgehead atoms. The first-order valence-electron chi connectivity index (χ1n) is 19.3. The van der Waals surface area contributed by atoms with Gasteiger partial charge in [0.25, 0.3) is 30.3 Å². The van der Waals surface area contributed by atoms with E-state index in [1.165, 1.54) is 50.4 Å². The Hall–Kier alpha value is -7.56. The summed E-state index contributed by atoms with van der Waals surface area (Å²) in [6.45, 7) is 0.399. The minimum Gasteiger partial charge on any atom is -0.505 e. The number of nitrogens with one attached hydrogen (secondary N) is 2. The zero-order valence-electron chi connectivity index (χ0n) is 36.1. The Balaban J connectivity index is 0.00000963. The van der Waals surface area contributed by atoms with Crippen molar-refractivity contribution in [3.8, 4) is 11.5 Å². The van der Waals surface area contributed by atoms with E-state index in [1.54, 1.807) is 0 Å². The van der Waals surface area contributed by atoms with Gasteiger partial charge in [0.15, 0.2) is 15.6 Å². The number of hydrogen-bond acceptors (Lipinski definition) is 22. The van der Waals surface area contributed by atoms with Crippen molar-refractivity contribution in [3.05, 3.63) is 97.1 Å². The molecule has 10 N–H and O–H groups in total. The van der Waals surface area contributed by atoms with Crippen LogP contribution in [0.1, 0.15) is 14.4 Å². The summed E-state index contributed by atoms with van der Waals surface area (Å²) in [4.78, 5) is 8.79. The van der Waals surface area contributed by atoms with Crippen molar-refractivity contribution in [2.75, 3.05) is 41.0 Å². The van der Waals surface area contributed by atoms with Crippen LogP contribution in [0.4, 0.5) is 56.9 Å². The highest BCUT2D eigenvalue weighted by Crippen LogP contribution is 2.48. The molecule has 6 aromatic carbocycles. The van der Waals surface area contributed by atoms with Gasteiger partial charge in [-0.2, -0.15) is 40.6 Å². The van der Waals surface area contributed by atoms with Gasteiger partial charge in [-0.05, 0) is 91.0 Å². The zero-order chi connectivity index (χ0) is 52.3. The van der Waals surface area contributed by atoms with Crippen LogP contribution in [0.15, 0.2) is 147 Å². The van der Waals surface area contributed by atoms with Gasteiger partial charge in [0.1, 0.15) is 32.6 Å². The zero-order valence-corrected chi connectivity index (χ0v) is 40.2. The molecule has 0 aliphatic rings. The van der Waals surface area contributed by atoms with Crippen molar-refractivity contribution in [3.63, 3.8) is 0 Å². The van der Waals surface area contributed by atoms with E-state index in [-0.39, 0.29) is 63.0 Å². The van der Waals surface area contributed by atoms with Gasteiger partial charge in [-0.3, -0.25) is 23.2 Å². The minimum atomic E-state index is -5.38. The Labute approximate surface area is 410 Å². The van der Waals surface area contributed by atoms with Crippen LogP contribution < -0.4 is 26.2 Å². The summed E-state index contributed by atoms with van der Waals surface area (Å²) in [5, 5.41) is 36.2. The van der Waals surface area contributed by atoms with Crippen molar-refractivity contribution in [1.29, 1.82) is 0 Å². The number of aromatic hydroxyl groups is 1. The van der Waals surface area contributed by atoms with Crippen LogP contribution in [0.5, 0.6) is 11.5 Å². The van der Waals surface area contributed by atoms with Gasteiger partial charge in [-0.1, -0.05) is 7.43 Å². The van der Waals surface area contributed by atoms with E-state index >= 15 is 0 Å². The second kappa shape index (κ2) is 21.4. The Kier molecular flexibility index (Phi) is 16.5. The molecule has 0 aliphatic heterocycles. The summed E-state index contributed by atoms with van der Waals surface area (Å²) in [5.41, 5.74) is 11.0. The van der Waals surface area contributed by atoms with Crippen molar-refractivity contribution in [2.45, 2.75) is 33.9 Å². The highest BCUT2D eigenvalue weighted by molar-refractivity contribution is 7.92. The van der Waals surface area contributed by atoms with Gasteiger partial charge >= 0.3 is 10.4 Å². The highest BCUT2D eigenvalue weighted by atomic mass is 32.3. The normalized spacial score (nSPS) is 12.6. The van der Waals surface area contributed by atoms with Crippen molar-refractivity contribution in [1.82, 2.24) is 0 Å². The SMILES string of the molecule is C.COc1cc(N=Nc2ccc(NS(=O)(=O)c3ccc(N=Nc4c(S(=O)(=O)O)cc5c(S(=O)(=O)O)cc(N=Nc6ccc(S(=O)(=O)CCOS(=O)(=O)O)cc6)c(N)c5c4O)cc3)cc2)c(NC(C)=O)cc1N. The number of nitrogens with two attached hydrogens (primary N) is 2. The first-order chi connectivity index (χ1) is 33.1. The smallest absolute Gasteiger partial charge is 0.397 e. The number of ether oxygens (including phenoxy) is 1. The molecule has 0 radical (unpaired) electrons. The van der Waals surface area contributed by atoms with Crippen LogP contribution >= 0.6 is 0 Å². The Bertz CT molecular complexity index is 3770. The van der Waals surface area contributed by atoms with Gasteiger partial charge in [0, 0.05) is 24.1 Å². The van der Waals surface area contributed by atoms with Gasteiger partial charge in [0.05, 0.1) is 68.8 Å². The molecule has 382 valence electrons. The molecular formula is C40H40N10O17S5. The van der Waals surface area contributed by atoms with Crippen LogP contribution in [0.3, 0.4) is 0 Å². The monoisotopic (exact) mass is 1090 g/mol. The number of sulfone groups is 1. The van der Waals surface area contributed by atoms with Crippen molar-refractivity contribution >= 4 is 124 Å². The molecule has 0 saturated heterocycles. The number of methoxy groups -OCH3 is 1. The number of carbonyl (C=O) groups excluding carboxylic acids is 1. The summed E-state index contributed by atoms with van der Waals surface area (Å²) < 4.78 is 164. The molecule has 0 spiro atoms. The number of sulfonamides is 1. The molecule has 0 fully saturated rings. The second-order valence-electron chi connectivity index (χ2n) is 14.4. The van der Waals surface area contributed by atoms with Crippen LogP contribution in [-0.2, 0) is 59.5 Å². The van der Waals surface area contributed by atoms with E-state index in [2.05, 4.69) is 44.9 Å². The fourth-order valence-electron chi connectivity index (χ4n) is 6.15. The average Bonchev–Trinajstić information content (AvgIpc) is 3.27. The molecule has 27 nitrogen and oxygen atoms in total. The molecule has 0 saturated carbocycles. The lowest BCUT2D eigenvalue weighted by atomic mass is 10.0. The molecule has 0 unspecified atom stereocenters. The summed E-state index contributed by atoms with van der Waals surface area (Å²) >= 11 is 0. The highest BCUT2D eigenvalue weighted by Gasteiger charge is 2.29. The van der Waals surface area contributed by atoms with Crippen molar-refractivity contribution in [2.24, 2.45) is 30.7 Å². The fourth-order valence-corrected chi connectivity index (χ4v) is 10.0. The number of azo groups is 3. The Morgan fingerprint density at radius 2 is 1.17 bits per heavy atom. The molecule has 0 heterocycles. The largest absolute Gasteiger partial charge is 0.505 e. The van der Waals surface area contributed by atoms with E-state index in [4.69, 9.17) is 20.8 Å². The van der Waals surface area contributed by atoms with Crippen LogP contribution in [-0.4, -0.2) is 86.2 Å². The van der Waals surface area contributed by atoms with Gasteiger partial charge in [-0.15, -0.1) is 15.3 Å². The lowest BCUT2D eigenvalue weighted by molar-refractivity contribution is -0.114. The molecule has 72 heavy (non-hydrogen) atoms. The average molecular weight is 1090 g/mol. The number of benzene rings is 6. The number of nitrogens with zero attached hydrogens (tertiary/aromatic N) is 6. The first-order valence-corrected chi connectivity index (χ1v) is 26.7. The molecule has 6 aromatic rings. The second-order valence-corrected chi connectivity index (χ2v) is 22.0. The number of anilines is 4. The van der Waals surface area contributed by atoms with E-state index in [0.717, 1.165) is 48.5 Å². The standard InChI is InChI=1S/C39H36N10O17S5.CH4/c1-21(50)42-30-18-29(40)33(65-2)19-31(30)46-43-22-3-5-25(6-4-22)49-68(54,55)27-13-9-24(10-14-27)45-48-38-35(70(59,60)61)17-28-34(69(56,57)58)20-32(37(41)36(28)39(38)51)47-44-23-7-11-26(12-8-23)67(52,53)16-15-66-71(62,63)64;/h3-14,17-20,49,51H,15-16,40-41H2,1-2H3,(H,42,50)(H,56,57,58)(H,59,60,61)(H,62,63,64);1H4. The van der Waals surface area contributed by atoms with E-state index < -0.39 is 106 Å². The maximum absolute atomic E-state index is 13.3. The Morgan fingerprint density at radius 3 is 1.68 bits per heavy atom. The number of phenolic OH excluding ortho intramolecular Hbond substituents is 1. The predicted molar refractivity (Wildman–Crippen MR) is 260 cm³/mol. The maximum Gasteiger partial charge on any atom is 0.397 e. The van der Waals surface area contributed by atoms with E-state index in [1.807, 2.05) is 0 Å². The van der Waals surface area contributed by atoms with Crippen LogP contribution in [0, 0.1) is 0 Å². The number of fused-ring (bicyclic) bond motifs is 1. The molecule has 0 aliphatic carbocycles. The third-order valence-corrected chi connectivity index (χ3v) is 14.7. The minimum absolute atomic E-state index is 0. The maximum atomic E-state index is 13.3. The third kappa shape index (κ3) is 13.4. The van der Waals surface area contributed by atoms with Gasteiger partial charge < -0.3 is 26.6 Å². The predicted octanol–water partition coefficient (Wildman–Crippen LogP) is 7.45. The molecular weight excluding hydrogens is 1050 g/mol. The quantitative estimate of drug-likeness (QED) is 0.0235. The lowest BCUT2D eigenvalue weighted by Gasteiger charge is -2.14. The summed E-state index contributed by atoms with van der Waals surface area (Å²) in [5.74, 6) is -2.14. The van der Waals surface area contributed by atoms with E-state index in [9.17, 15) is 61.1 Å². The topological polar surface area (TPSA) is 437 Å². The molecule has 0 atom stereocenters. The molecule has 0 aromatic heterocycles. The van der Waals surface area contributed by atoms with Crippen molar-refractivity contribution < 1.29 is 74.6 Å². The summed E-state index contributed by atoms with van der Waals surface area (Å²) in [7, 11) is -22.6. The number of rotatable bonds is 18. The van der Waals surface area contributed by atoms with Gasteiger partial charge in [0.2, 0.25) is 5.91 Å². The number of carbonyl (C=O) groups is 1. The third-order valence-electron chi connectivity index (χ3n) is 9.39. The molecule has 32 heteroatoms. The molecule has 1 amide bonds. The lowest BCUT2D eigenvalue weighted by Crippen LogP contribution is -2.15. The molecule has 6 rings (SSSR count). The number of phenols is 1. The first kappa shape index (κ1) is 55.4. The van der Waals surface area contributed by atoms with Gasteiger partial charge in [-0.25, -0.2) is 21.0 Å². The van der Waals surface area contributed by atoms with E-state index in [0.29, 0.717) is 17.8 Å². The van der Waals surface area contributed by atoms with Crippen LogP contribution in [0.25, 0.3) is 10.8 Å². The summed E-state index contributed by atoms with van der Waals surface area (Å²) in [6, 6.07) is 18.6. The van der Waals surface area contributed by atoms with Crippen LogP contribution in [0.2, 0.25) is 0 Å². The Morgan fingerprint density at radius 1 is 0.653 bits per heavy atom. The number of amides is 1. The summed E-state index contributed by atoms with van der Waals surface area (Å²) in [6.07, 6.45) is 0. The number of hydrogen-bond donors (Lipinski definition) is 8.